The highest BCUT2D eigenvalue weighted by Crippen LogP contribution is 2.32. The molecule has 3 unspecified atom stereocenters. The normalized spacial score (nSPS) is 21.8. The Morgan fingerprint density at radius 3 is 2.63 bits per heavy atom. The van der Waals surface area contributed by atoms with E-state index in [1.54, 1.807) is 25.3 Å². The van der Waals surface area contributed by atoms with Gasteiger partial charge in [-0.3, -0.25) is 4.79 Å². The average Bonchev–Trinajstić information content (AvgIpc) is 3.02. The van der Waals surface area contributed by atoms with Gasteiger partial charge in [0.05, 0.1) is 18.1 Å². The molecule has 164 valence electrons. The van der Waals surface area contributed by atoms with E-state index < -0.39 is 11.6 Å². The molecule has 3 rings (SSSR count). The fourth-order valence-electron chi connectivity index (χ4n) is 3.69. The zero-order valence-electron chi connectivity index (χ0n) is 18.4. The molecule has 1 saturated heterocycles. The quantitative estimate of drug-likeness (QED) is 0.686. The van der Waals surface area contributed by atoms with Gasteiger partial charge in [0.25, 0.3) is 5.88 Å². The van der Waals surface area contributed by atoms with E-state index in [1.807, 2.05) is 20.8 Å². The van der Waals surface area contributed by atoms with Gasteiger partial charge in [-0.15, -0.1) is 0 Å². The summed E-state index contributed by atoms with van der Waals surface area (Å²) in [6.45, 7) is 10.3. The van der Waals surface area contributed by atoms with Gasteiger partial charge in [-0.05, 0) is 45.2 Å². The molecule has 1 aliphatic rings. The van der Waals surface area contributed by atoms with Crippen molar-refractivity contribution in [1.82, 2.24) is 15.3 Å². The summed E-state index contributed by atoms with van der Waals surface area (Å²) in [5.74, 6) is 0.977. The Hall–Kier alpha value is -2.12. The third-order valence-corrected chi connectivity index (χ3v) is 5.16. The van der Waals surface area contributed by atoms with Gasteiger partial charge in [-0.25, -0.2) is 9.97 Å². The number of esters is 1. The van der Waals surface area contributed by atoms with Crippen molar-refractivity contribution in [2.24, 2.45) is 11.8 Å². The van der Waals surface area contributed by atoms with E-state index in [1.165, 1.54) is 0 Å². The summed E-state index contributed by atoms with van der Waals surface area (Å²) >= 11 is 6.35. The Kier molecular flexibility index (Phi) is 6.72. The van der Waals surface area contributed by atoms with Crippen molar-refractivity contribution in [3.63, 3.8) is 0 Å². The maximum atomic E-state index is 12.8. The average molecular weight is 436 g/mol. The highest BCUT2D eigenvalue weighted by molar-refractivity contribution is 6.31. The van der Waals surface area contributed by atoms with E-state index in [0.717, 1.165) is 6.42 Å². The molecule has 0 aliphatic carbocycles. The summed E-state index contributed by atoms with van der Waals surface area (Å²) < 4.78 is 17.1. The van der Waals surface area contributed by atoms with Crippen molar-refractivity contribution < 1.29 is 19.0 Å². The van der Waals surface area contributed by atoms with E-state index in [-0.39, 0.29) is 29.0 Å². The molecule has 0 saturated carbocycles. The second kappa shape index (κ2) is 8.94. The summed E-state index contributed by atoms with van der Waals surface area (Å²) in [5, 5.41) is 3.46. The number of methoxy groups -OCH3 is 1. The van der Waals surface area contributed by atoms with E-state index in [0.29, 0.717) is 29.2 Å². The molecule has 8 heteroatoms. The number of nitrogens with one attached hydrogen (secondary N) is 1. The van der Waals surface area contributed by atoms with Gasteiger partial charge in [-0.1, -0.05) is 25.4 Å². The van der Waals surface area contributed by atoms with Crippen molar-refractivity contribution in [3.8, 4) is 11.6 Å². The van der Waals surface area contributed by atoms with Crippen molar-refractivity contribution in [2.75, 3.05) is 13.7 Å². The number of ether oxygens (including phenoxy) is 3. The van der Waals surface area contributed by atoms with Crippen LogP contribution < -0.4 is 14.8 Å². The topological polar surface area (TPSA) is 82.6 Å². The number of rotatable bonds is 6. The van der Waals surface area contributed by atoms with Crippen LogP contribution in [0.5, 0.6) is 11.6 Å². The number of nitrogens with zero attached hydrogens (tertiary/aromatic N) is 2. The summed E-state index contributed by atoms with van der Waals surface area (Å²) in [7, 11) is 1.60. The highest BCUT2D eigenvalue weighted by Gasteiger charge is 2.44. The molecule has 1 N–H and O–H groups in total. The van der Waals surface area contributed by atoms with Crippen LogP contribution in [-0.2, 0) is 9.53 Å². The van der Waals surface area contributed by atoms with E-state index in [4.69, 9.17) is 25.8 Å². The van der Waals surface area contributed by atoms with Gasteiger partial charge in [-0.2, -0.15) is 0 Å². The van der Waals surface area contributed by atoms with E-state index in [2.05, 4.69) is 29.1 Å². The predicted octanol–water partition coefficient (Wildman–Crippen LogP) is 4.02. The molecule has 1 aliphatic heterocycles. The van der Waals surface area contributed by atoms with Gasteiger partial charge in [0.1, 0.15) is 23.5 Å². The minimum atomic E-state index is -0.549. The first-order valence-electron chi connectivity index (χ1n) is 10.2. The maximum absolute atomic E-state index is 12.8. The van der Waals surface area contributed by atoms with Crippen LogP contribution in [0.2, 0.25) is 5.15 Å². The third kappa shape index (κ3) is 5.32. The Balaban J connectivity index is 1.85. The SMILES string of the molecule is COc1ccc2nc(Cl)c(OC3CNC(C(=O)OC(C)(C)C)C3CC(C)C)nc2c1. The fourth-order valence-corrected chi connectivity index (χ4v) is 3.86. The molecule has 1 aromatic heterocycles. The van der Waals surface area contributed by atoms with Gasteiger partial charge in [0.15, 0.2) is 5.15 Å². The summed E-state index contributed by atoms with van der Waals surface area (Å²) in [6.07, 6.45) is 0.522. The second-order valence-electron chi connectivity index (χ2n) is 9.04. The molecule has 30 heavy (non-hydrogen) atoms. The number of hydrogen-bond acceptors (Lipinski definition) is 7. The standard InChI is InChI=1S/C22H30ClN3O4/c1-12(2)9-14-17(11-24-18(14)21(27)30-22(3,4)5)29-20-19(23)25-15-8-7-13(28-6)10-16(15)26-20/h7-8,10,12,14,17-18,24H,9,11H2,1-6H3. The molecular weight excluding hydrogens is 406 g/mol. The molecule has 0 amide bonds. The van der Waals surface area contributed by atoms with Crippen LogP contribution >= 0.6 is 11.6 Å². The van der Waals surface area contributed by atoms with Crippen LogP contribution in [0.25, 0.3) is 11.0 Å². The third-order valence-electron chi connectivity index (χ3n) is 4.91. The van der Waals surface area contributed by atoms with Crippen LogP contribution in [0.1, 0.15) is 41.0 Å². The Morgan fingerprint density at radius 2 is 2.00 bits per heavy atom. The predicted molar refractivity (Wildman–Crippen MR) is 116 cm³/mol. The lowest BCUT2D eigenvalue weighted by atomic mass is 9.89. The van der Waals surface area contributed by atoms with Crippen LogP contribution in [0.4, 0.5) is 0 Å². The Bertz CT molecular complexity index is 913. The summed E-state index contributed by atoms with van der Waals surface area (Å²) in [6, 6.07) is 4.95. The number of fused-ring (bicyclic) bond motifs is 1. The van der Waals surface area contributed by atoms with Crippen molar-refractivity contribution >= 4 is 28.6 Å². The lowest BCUT2D eigenvalue weighted by molar-refractivity contribution is -0.158. The Labute approximate surface area is 182 Å². The fraction of sp³-hybridized carbons (Fsp3) is 0.591. The van der Waals surface area contributed by atoms with Crippen LogP contribution in [0, 0.1) is 11.8 Å². The van der Waals surface area contributed by atoms with Gasteiger partial charge < -0.3 is 19.5 Å². The zero-order chi connectivity index (χ0) is 22.1. The molecule has 0 radical (unpaired) electrons. The number of carbonyl (C=O) groups is 1. The van der Waals surface area contributed by atoms with Crippen molar-refractivity contribution in [1.29, 1.82) is 0 Å². The maximum Gasteiger partial charge on any atom is 0.324 e. The zero-order valence-corrected chi connectivity index (χ0v) is 19.1. The molecule has 2 aromatic rings. The lowest BCUT2D eigenvalue weighted by Gasteiger charge is -2.27. The van der Waals surface area contributed by atoms with E-state index in [9.17, 15) is 4.79 Å². The monoisotopic (exact) mass is 435 g/mol. The number of hydrogen-bond donors (Lipinski definition) is 1. The lowest BCUT2D eigenvalue weighted by Crippen LogP contribution is -2.42. The van der Waals surface area contributed by atoms with Crippen molar-refractivity contribution in [2.45, 2.75) is 58.8 Å². The second-order valence-corrected chi connectivity index (χ2v) is 9.40. The van der Waals surface area contributed by atoms with Gasteiger partial charge >= 0.3 is 5.97 Å². The molecule has 2 heterocycles. The number of halogens is 1. The van der Waals surface area contributed by atoms with Gasteiger partial charge in [0, 0.05) is 18.5 Å². The summed E-state index contributed by atoms with van der Waals surface area (Å²) in [5.41, 5.74) is 0.735. The first-order chi connectivity index (χ1) is 14.1. The molecule has 7 nitrogen and oxygen atoms in total. The molecule has 0 spiro atoms. The number of aromatic nitrogens is 2. The molecule has 1 aromatic carbocycles. The number of carbonyl (C=O) groups excluding carboxylic acids is 1. The molecular formula is C22H30ClN3O4. The minimum absolute atomic E-state index is 0.0706. The number of benzene rings is 1. The van der Waals surface area contributed by atoms with Crippen LogP contribution in [0.3, 0.4) is 0 Å². The van der Waals surface area contributed by atoms with E-state index >= 15 is 0 Å². The van der Waals surface area contributed by atoms with Crippen molar-refractivity contribution in [3.05, 3.63) is 23.4 Å². The molecule has 0 bridgehead atoms. The van der Waals surface area contributed by atoms with Crippen LogP contribution in [0.15, 0.2) is 18.2 Å². The largest absolute Gasteiger partial charge is 0.497 e. The molecule has 1 fully saturated rings. The smallest absolute Gasteiger partial charge is 0.324 e. The summed E-state index contributed by atoms with van der Waals surface area (Å²) in [4.78, 5) is 21.7. The Morgan fingerprint density at radius 1 is 1.27 bits per heavy atom. The minimum Gasteiger partial charge on any atom is -0.497 e. The highest BCUT2D eigenvalue weighted by atomic mass is 35.5. The molecule has 3 atom stereocenters. The van der Waals surface area contributed by atoms with Crippen LogP contribution in [-0.4, -0.2) is 47.3 Å². The first-order valence-corrected chi connectivity index (χ1v) is 10.6. The van der Waals surface area contributed by atoms with Gasteiger partial charge in [0.2, 0.25) is 0 Å². The first kappa shape index (κ1) is 22.6.